The number of rotatable bonds is 4. The van der Waals surface area contributed by atoms with Crippen LogP contribution in [-0.2, 0) is 0 Å². The summed E-state index contributed by atoms with van der Waals surface area (Å²) >= 11 is 0. The fourth-order valence-electron chi connectivity index (χ4n) is 3.75. The van der Waals surface area contributed by atoms with Gasteiger partial charge >= 0.3 is 0 Å². The van der Waals surface area contributed by atoms with Crippen molar-refractivity contribution in [3.8, 4) is 5.82 Å². The van der Waals surface area contributed by atoms with Gasteiger partial charge in [0.15, 0.2) is 5.82 Å². The molecule has 2 aliphatic heterocycles. The molecule has 0 radical (unpaired) electrons. The van der Waals surface area contributed by atoms with Crippen LogP contribution in [0.3, 0.4) is 0 Å². The van der Waals surface area contributed by atoms with Gasteiger partial charge in [-0.15, -0.1) is 0 Å². The Bertz CT molecular complexity index is 724. The highest BCUT2D eigenvalue weighted by atomic mass is 16.3. The first-order valence-corrected chi connectivity index (χ1v) is 8.83. The van der Waals surface area contributed by atoms with Crippen molar-refractivity contribution in [2.45, 2.75) is 24.9 Å². The number of aromatic nitrogens is 3. The minimum absolute atomic E-state index is 0.0723. The number of amides is 1. The molecule has 2 saturated heterocycles. The molecule has 1 amide bonds. The number of carbonyl (C=O) groups excluding carboxylic acids is 1. The van der Waals surface area contributed by atoms with Crippen LogP contribution in [0.1, 0.15) is 29.6 Å². The van der Waals surface area contributed by atoms with Crippen LogP contribution in [0.15, 0.2) is 36.8 Å². The van der Waals surface area contributed by atoms with Crippen LogP contribution in [0.25, 0.3) is 5.82 Å². The van der Waals surface area contributed by atoms with E-state index in [0.29, 0.717) is 37.4 Å². The van der Waals surface area contributed by atoms with Crippen LogP contribution >= 0.6 is 0 Å². The van der Waals surface area contributed by atoms with Crippen LogP contribution in [0.5, 0.6) is 0 Å². The molecule has 7 heteroatoms. The van der Waals surface area contributed by atoms with E-state index in [1.165, 1.54) is 12.8 Å². The number of hydrogen-bond acceptors (Lipinski definition) is 5. The van der Waals surface area contributed by atoms with Gasteiger partial charge in [0.05, 0.1) is 17.7 Å². The third-order valence-electron chi connectivity index (χ3n) is 5.07. The molecule has 132 valence electrons. The average Bonchev–Trinajstić information content (AvgIpc) is 3.36. The Morgan fingerprint density at radius 1 is 1.24 bits per heavy atom. The van der Waals surface area contributed by atoms with Crippen molar-refractivity contribution in [3.05, 3.63) is 42.4 Å². The number of carbonyl (C=O) groups is 1. The standard InChI is InChI=1S/C18H23N5O2/c24-17(15-4-5-16(19-12-15)23-10-3-7-20-23)22-11-6-18(25,14-22)13-21-8-1-2-9-21/h3-5,7,10,12,25H,1-2,6,8-9,11,13-14H2/t18-/m0/s1. The molecule has 4 rings (SSSR count). The fourth-order valence-corrected chi connectivity index (χ4v) is 3.75. The zero-order chi connectivity index (χ0) is 17.3. The molecule has 2 fully saturated rings. The van der Waals surface area contributed by atoms with Crippen molar-refractivity contribution >= 4 is 5.91 Å². The predicted octanol–water partition coefficient (Wildman–Crippen LogP) is 0.940. The Kier molecular flexibility index (Phi) is 4.27. The van der Waals surface area contributed by atoms with Crippen molar-refractivity contribution in [1.82, 2.24) is 24.6 Å². The van der Waals surface area contributed by atoms with Gasteiger partial charge in [0.2, 0.25) is 0 Å². The van der Waals surface area contributed by atoms with Gasteiger partial charge in [0.1, 0.15) is 0 Å². The molecule has 0 aliphatic carbocycles. The maximum atomic E-state index is 12.7. The van der Waals surface area contributed by atoms with E-state index in [-0.39, 0.29) is 5.91 Å². The van der Waals surface area contributed by atoms with Gasteiger partial charge in [0.25, 0.3) is 5.91 Å². The van der Waals surface area contributed by atoms with Crippen molar-refractivity contribution in [3.63, 3.8) is 0 Å². The molecular formula is C18H23N5O2. The summed E-state index contributed by atoms with van der Waals surface area (Å²) in [5.41, 5.74) is -0.246. The van der Waals surface area contributed by atoms with E-state index in [1.54, 1.807) is 34.1 Å². The normalized spacial score (nSPS) is 24.1. The van der Waals surface area contributed by atoms with E-state index in [9.17, 15) is 9.90 Å². The van der Waals surface area contributed by atoms with Gasteiger partial charge < -0.3 is 14.9 Å². The van der Waals surface area contributed by atoms with Gasteiger partial charge in [-0.3, -0.25) is 4.79 Å². The highest BCUT2D eigenvalue weighted by Crippen LogP contribution is 2.25. The number of β-amino-alcohol motifs (C(OH)–C–C–N with tert-alkyl or cyclic N) is 1. The highest BCUT2D eigenvalue weighted by Gasteiger charge is 2.40. The van der Waals surface area contributed by atoms with Crippen molar-refractivity contribution in [1.29, 1.82) is 0 Å². The minimum atomic E-state index is -0.789. The largest absolute Gasteiger partial charge is 0.387 e. The first-order chi connectivity index (χ1) is 12.1. The zero-order valence-corrected chi connectivity index (χ0v) is 14.2. The third kappa shape index (κ3) is 3.43. The van der Waals surface area contributed by atoms with Crippen molar-refractivity contribution < 1.29 is 9.90 Å². The number of hydrogen-bond donors (Lipinski definition) is 1. The lowest BCUT2D eigenvalue weighted by Gasteiger charge is -2.28. The van der Waals surface area contributed by atoms with Gasteiger partial charge in [-0.1, -0.05) is 0 Å². The van der Waals surface area contributed by atoms with Crippen LogP contribution in [-0.4, -0.2) is 73.9 Å². The summed E-state index contributed by atoms with van der Waals surface area (Å²) in [6, 6.07) is 5.38. The summed E-state index contributed by atoms with van der Waals surface area (Å²) in [5.74, 6) is 0.602. The second kappa shape index (κ2) is 6.57. The molecule has 0 unspecified atom stereocenters. The number of likely N-dealkylation sites (tertiary alicyclic amines) is 2. The molecule has 1 atom stereocenters. The SMILES string of the molecule is O=C(c1ccc(-n2cccn2)nc1)N1CC[C@](O)(CN2CCCC2)C1. The minimum Gasteiger partial charge on any atom is -0.387 e. The molecule has 7 nitrogen and oxygen atoms in total. The Balaban J connectivity index is 1.41. The van der Waals surface area contributed by atoms with Crippen molar-refractivity contribution in [2.75, 3.05) is 32.7 Å². The van der Waals surface area contributed by atoms with E-state index >= 15 is 0 Å². The summed E-state index contributed by atoms with van der Waals surface area (Å²) < 4.78 is 1.65. The topological polar surface area (TPSA) is 74.5 Å². The first-order valence-electron chi connectivity index (χ1n) is 8.83. The molecule has 0 spiro atoms. The lowest BCUT2D eigenvalue weighted by Crippen LogP contribution is -2.45. The number of nitrogens with zero attached hydrogens (tertiary/aromatic N) is 5. The summed E-state index contributed by atoms with van der Waals surface area (Å²) in [6.07, 6.45) is 8.11. The smallest absolute Gasteiger partial charge is 0.255 e. The maximum absolute atomic E-state index is 12.7. The molecular weight excluding hydrogens is 318 g/mol. The summed E-state index contributed by atoms with van der Waals surface area (Å²) in [4.78, 5) is 21.1. The molecule has 0 aromatic carbocycles. The van der Waals surface area contributed by atoms with Gasteiger partial charge in [-0.25, -0.2) is 9.67 Å². The summed E-state index contributed by atoms with van der Waals surface area (Å²) in [6.45, 7) is 3.74. The Hall–Kier alpha value is -2.25. The van der Waals surface area contributed by atoms with Crippen molar-refractivity contribution in [2.24, 2.45) is 0 Å². The quantitative estimate of drug-likeness (QED) is 0.896. The van der Waals surface area contributed by atoms with E-state index < -0.39 is 5.60 Å². The first kappa shape index (κ1) is 16.2. The molecule has 4 heterocycles. The molecule has 2 aromatic heterocycles. The average molecular weight is 341 g/mol. The summed E-state index contributed by atoms with van der Waals surface area (Å²) in [7, 11) is 0. The van der Waals surface area contributed by atoms with E-state index in [0.717, 1.165) is 13.1 Å². The molecule has 0 bridgehead atoms. The van der Waals surface area contributed by atoms with Crippen LogP contribution in [0, 0.1) is 0 Å². The van der Waals surface area contributed by atoms with Crippen LogP contribution in [0.2, 0.25) is 0 Å². The molecule has 0 saturated carbocycles. The fraction of sp³-hybridized carbons (Fsp3) is 0.500. The molecule has 25 heavy (non-hydrogen) atoms. The Morgan fingerprint density at radius 3 is 2.76 bits per heavy atom. The van der Waals surface area contributed by atoms with Gasteiger partial charge in [-0.2, -0.15) is 5.10 Å². The van der Waals surface area contributed by atoms with Crippen LogP contribution < -0.4 is 0 Å². The number of aliphatic hydroxyl groups is 1. The number of pyridine rings is 1. The predicted molar refractivity (Wildman–Crippen MR) is 92.5 cm³/mol. The van der Waals surface area contributed by atoms with Crippen LogP contribution in [0.4, 0.5) is 0 Å². The lowest BCUT2D eigenvalue weighted by atomic mass is 10.0. The lowest BCUT2D eigenvalue weighted by molar-refractivity contribution is 0.0175. The Morgan fingerprint density at radius 2 is 2.08 bits per heavy atom. The third-order valence-corrected chi connectivity index (χ3v) is 5.07. The molecule has 2 aliphatic rings. The van der Waals surface area contributed by atoms with Gasteiger partial charge in [-0.05, 0) is 50.6 Å². The molecule has 2 aromatic rings. The second-order valence-electron chi connectivity index (χ2n) is 7.04. The maximum Gasteiger partial charge on any atom is 0.255 e. The second-order valence-corrected chi connectivity index (χ2v) is 7.04. The zero-order valence-electron chi connectivity index (χ0n) is 14.2. The Labute approximate surface area is 146 Å². The van der Waals surface area contributed by atoms with Gasteiger partial charge in [0, 0.05) is 31.7 Å². The molecule has 1 N–H and O–H groups in total. The highest BCUT2D eigenvalue weighted by molar-refractivity contribution is 5.94. The van der Waals surface area contributed by atoms with E-state index in [2.05, 4.69) is 15.0 Å². The van der Waals surface area contributed by atoms with E-state index in [4.69, 9.17) is 0 Å². The monoisotopic (exact) mass is 341 g/mol. The summed E-state index contributed by atoms with van der Waals surface area (Å²) in [5, 5.41) is 15.0. The van der Waals surface area contributed by atoms with E-state index in [1.807, 2.05) is 12.3 Å².